The largest absolute Gasteiger partial charge is 0.753 e. The Labute approximate surface area is 267 Å². The van der Waals surface area contributed by atoms with Crippen LogP contribution < -0.4 is 0 Å². The van der Waals surface area contributed by atoms with Crippen LogP contribution in [0.2, 0.25) is 0 Å². The van der Waals surface area contributed by atoms with Crippen LogP contribution in [0.4, 0.5) is 0 Å². The van der Waals surface area contributed by atoms with Crippen LogP contribution in [0.1, 0.15) is 12.8 Å². The van der Waals surface area contributed by atoms with Crippen LogP contribution in [-0.2, 0) is 21.5 Å². The number of aromatic nitrogens is 6. The van der Waals surface area contributed by atoms with E-state index in [1.165, 1.54) is 18.0 Å². The van der Waals surface area contributed by atoms with Crippen LogP contribution in [0.3, 0.4) is 0 Å². The van der Waals surface area contributed by atoms with E-state index in [1.54, 1.807) is 0 Å². The molecule has 217 valence electrons. The quantitative estimate of drug-likeness (QED) is 0.117. The minimum absolute atomic E-state index is 0. The molecule has 0 saturated carbocycles. The molecule has 11 heteroatoms. The average molecular weight is 629 g/mol. The molecule has 1 radical (unpaired) electrons. The van der Waals surface area contributed by atoms with Gasteiger partial charge in [0.25, 0.3) is 0 Å². The van der Waals surface area contributed by atoms with E-state index in [-0.39, 0.29) is 16.8 Å². The van der Waals surface area contributed by atoms with Gasteiger partial charge in [0.2, 0.25) is 0 Å². The molecule has 4 heterocycles. The van der Waals surface area contributed by atoms with Gasteiger partial charge in [-0.2, -0.15) is 20.5 Å². The summed E-state index contributed by atoms with van der Waals surface area (Å²) in [6, 6.07) is 36.6. The third-order valence-electron chi connectivity index (χ3n) is 6.57. The molecule has 3 aromatic carbocycles. The first-order chi connectivity index (χ1) is 20.8. The van der Waals surface area contributed by atoms with Gasteiger partial charge in [0.05, 0.1) is 17.1 Å². The number of hydrogen-bond acceptors (Lipinski definition) is 5. The van der Waals surface area contributed by atoms with E-state index in [9.17, 15) is 0 Å². The van der Waals surface area contributed by atoms with Crippen LogP contribution in [-0.4, -0.2) is 54.6 Å². The van der Waals surface area contributed by atoms with Crippen molar-refractivity contribution in [3.8, 4) is 33.8 Å². The molecule has 0 amide bonds. The van der Waals surface area contributed by atoms with E-state index in [1.807, 2.05) is 105 Å². The van der Waals surface area contributed by atoms with Crippen LogP contribution in [0, 0.1) is 0 Å². The maximum atomic E-state index is 7.13. The summed E-state index contributed by atoms with van der Waals surface area (Å²) in [6.45, 7) is 2.00. The summed E-state index contributed by atoms with van der Waals surface area (Å²) in [6.07, 6.45) is 8.47. The summed E-state index contributed by atoms with van der Waals surface area (Å²) in [5, 5.41) is 23.1. The fourth-order valence-corrected chi connectivity index (χ4v) is 4.56. The number of thiocarbonyl (C=S) groups is 1. The van der Waals surface area contributed by atoms with Crippen molar-refractivity contribution in [3.05, 3.63) is 133 Å². The maximum Gasteiger partial charge on any atom is 0.568 e. The van der Waals surface area contributed by atoms with Crippen molar-refractivity contribution < 1.29 is 21.5 Å². The summed E-state index contributed by atoms with van der Waals surface area (Å²) >= 11 is 3.70. The van der Waals surface area contributed by atoms with E-state index < -0.39 is 7.12 Å². The predicted molar refractivity (Wildman–Crippen MR) is 171 cm³/mol. The van der Waals surface area contributed by atoms with Gasteiger partial charge < -0.3 is 10.1 Å². The number of rotatable bonds is 6. The van der Waals surface area contributed by atoms with Crippen LogP contribution >= 0.6 is 12.2 Å². The van der Waals surface area contributed by atoms with Gasteiger partial charge in [0.15, 0.2) is 0 Å². The summed E-state index contributed by atoms with van der Waals surface area (Å²) in [5.41, 5.74) is 5.90. The molecule has 3 aromatic heterocycles. The second-order valence-corrected chi connectivity index (χ2v) is 9.58. The Kier molecular flexibility index (Phi) is 12.0. The molecule has 0 atom stereocenters. The predicted octanol–water partition coefficient (Wildman–Crippen LogP) is 6.66. The zero-order chi connectivity index (χ0) is 29.0. The van der Waals surface area contributed by atoms with Crippen molar-refractivity contribution in [2.24, 2.45) is 0 Å². The van der Waals surface area contributed by atoms with Crippen molar-refractivity contribution in [3.63, 3.8) is 0 Å². The van der Waals surface area contributed by atoms with Crippen molar-refractivity contribution in [1.82, 2.24) is 29.1 Å². The number of benzene rings is 3. The van der Waals surface area contributed by atoms with E-state index in [4.69, 9.17) is 25.4 Å². The molecule has 0 bridgehead atoms. The first-order valence-corrected chi connectivity index (χ1v) is 14.1. The zero-order valence-electron chi connectivity index (χ0n) is 23.3. The molecule has 8 nitrogen and oxygen atoms in total. The fourth-order valence-electron chi connectivity index (χ4n) is 4.56. The monoisotopic (exact) mass is 629 g/mol. The number of ether oxygens (including phenoxy) is 1. The van der Waals surface area contributed by atoms with Crippen LogP contribution in [0.25, 0.3) is 39.2 Å². The van der Waals surface area contributed by atoms with Gasteiger partial charge in [-0.3, -0.25) is 13.8 Å². The topological polar surface area (TPSA) is 85.0 Å². The molecule has 0 N–H and O–H groups in total. The van der Waals surface area contributed by atoms with Gasteiger partial charge in [-0.1, -0.05) is 103 Å². The molecule has 1 fully saturated rings. The second-order valence-electron chi connectivity index (χ2n) is 9.40. The summed E-state index contributed by atoms with van der Waals surface area (Å²) < 4.78 is 10.6. The van der Waals surface area contributed by atoms with Gasteiger partial charge in [-0.25, -0.2) is 0 Å². The minimum Gasteiger partial charge on any atom is -0.753 e. The summed E-state index contributed by atoms with van der Waals surface area (Å²) in [7, 11) is -0.396. The SMILES string of the molecule is C1CCOC1.[Co].[N-]=C=S.c1ccc(-c2ccn(B(n3ccc(-c4ccccc4)n3)n3ccc(-c4ccccc4)n3)n2)cc1. The molecule has 0 aliphatic carbocycles. The molecular weight excluding hydrogens is 600 g/mol. The van der Waals surface area contributed by atoms with Crippen molar-refractivity contribution >= 4 is 24.5 Å². The van der Waals surface area contributed by atoms with Gasteiger partial charge in [0.1, 0.15) is 0 Å². The minimum atomic E-state index is -0.396. The summed E-state index contributed by atoms with van der Waals surface area (Å²) in [4.78, 5) is 0. The Morgan fingerprint density at radius 1 is 0.581 bits per heavy atom. The Hall–Kier alpha value is -4.38. The third kappa shape index (κ3) is 8.35. The van der Waals surface area contributed by atoms with Crippen molar-refractivity contribution in [1.29, 1.82) is 0 Å². The fraction of sp³-hybridized carbons (Fsp3) is 0.125. The molecule has 0 unspecified atom stereocenters. The number of nitrogens with zero attached hydrogens (tertiary/aromatic N) is 7. The molecule has 1 saturated heterocycles. The van der Waals surface area contributed by atoms with E-state index in [2.05, 4.69) is 48.6 Å². The van der Waals surface area contributed by atoms with E-state index in [0.29, 0.717) is 0 Å². The van der Waals surface area contributed by atoms with Gasteiger partial charge in [-0.15, -0.1) is 0 Å². The maximum absolute atomic E-state index is 7.13. The Morgan fingerprint density at radius 2 is 0.884 bits per heavy atom. The van der Waals surface area contributed by atoms with Crippen molar-refractivity contribution in [2.45, 2.75) is 12.8 Å². The third-order valence-corrected chi connectivity index (χ3v) is 6.57. The number of isothiocyanates is 1. The molecule has 6 aromatic rings. The Bertz CT molecular complexity index is 1500. The van der Waals surface area contributed by atoms with Gasteiger partial charge in [0, 0.05) is 65.3 Å². The van der Waals surface area contributed by atoms with Gasteiger partial charge >= 0.3 is 7.12 Å². The van der Waals surface area contributed by atoms with E-state index in [0.717, 1.165) is 47.0 Å². The second kappa shape index (κ2) is 16.3. The standard InChI is InChI=1S/C27H21BN6.C4H8O.CNS.Co/c1-4-10-22(11-5-1)25-16-19-32(29-25)28(33-20-17-26(30-33)23-12-6-2-7-13-23)34-21-18-27(31-34)24-14-8-3-9-15-24;1-2-4-5-3-1;2-1-3;/h1-21H;1-4H2;;/q;;-1;. The normalized spacial score (nSPS) is 11.6. The van der Waals surface area contributed by atoms with E-state index >= 15 is 0 Å². The molecule has 0 spiro atoms. The molecule has 1 aliphatic rings. The molecule has 1 aliphatic heterocycles. The Balaban J connectivity index is 0.000000415. The zero-order valence-corrected chi connectivity index (χ0v) is 25.2. The van der Waals surface area contributed by atoms with Crippen LogP contribution in [0.15, 0.2) is 128 Å². The summed E-state index contributed by atoms with van der Waals surface area (Å²) in [5.74, 6) is 0. The first-order valence-electron chi connectivity index (χ1n) is 13.7. The smallest absolute Gasteiger partial charge is 0.568 e. The molecule has 43 heavy (non-hydrogen) atoms. The first kappa shape index (κ1) is 31.6. The number of hydrogen-bond donors (Lipinski definition) is 0. The van der Waals surface area contributed by atoms with Crippen LogP contribution in [0.5, 0.6) is 0 Å². The molecular formula is C32H29BCoN7OS-. The molecule has 7 rings (SSSR count). The Morgan fingerprint density at radius 3 is 1.14 bits per heavy atom. The van der Waals surface area contributed by atoms with Crippen molar-refractivity contribution in [2.75, 3.05) is 13.2 Å². The average Bonchev–Trinajstić information content (AvgIpc) is 3.89. The van der Waals surface area contributed by atoms with Gasteiger partial charge in [-0.05, 0) is 31.0 Å².